The molecule has 0 radical (unpaired) electrons. The van der Waals surface area contributed by atoms with Crippen LogP contribution in [0.4, 0.5) is 52.4 Å². The number of rotatable bonds is 26. The third-order valence-corrected chi connectivity index (χ3v) is 14.4. The number of carbonyl (C=O) groups is 3. The number of hydrogen-bond donors (Lipinski definition) is 6. The first kappa shape index (κ1) is 58.0. The number of aryl methyl sites for hydroxylation is 1. The summed E-state index contributed by atoms with van der Waals surface area (Å²) in [6.45, 7) is 13.8. The molecule has 0 saturated heterocycles. The summed E-state index contributed by atoms with van der Waals surface area (Å²) in [6.07, 6.45) is 7.10. The fraction of sp³-hybridized carbons (Fsp3) is 0.361. The van der Waals surface area contributed by atoms with Crippen molar-refractivity contribution in [1.29, 1.82) is 0 Å². The third kappa shape index (κ3) is 14.2. The number of hydrogen-bond acceptors (Lipinski definition) is 20. The highest BCUT2D eigenvalue weighted by Gasteiger charge is 2.33. The number of anilines is 9. The topological polar surface area (TPSA) is 239 Å². The summed E-state index contributed by atoms with van der Waals surface area (Å²) in [5.74, 6) is 3.56. The van der Waals surface area contributed by atoms with E-state index in [1.165, 1.54) is 5.56 Å². The molecule has 0 aliphatic carbocycles. The Hall–Kier alpha value is -9.19. The van der Waals surface area contributed by atoms with Gasteiger partial charge in [-0.3, -0.25) is 24.4 Å². The van der Waals surface area contributed by atoms with E-state index in [1.807, 2.05) is 122 Å². The van der Waals surface area contributed by atoms with Crippen molar-refractivity contribution in [2.24, 2.45) is 0 Å². The van der Waals surface area contributed by atoms with Gasteiger partial charge in [0, 0.05) is 120 Å². The van der Waals surface area contributed by atoms with Gasteiger partial charge in [0.15, 0.2) is 11.6 Å². The van der Waals surface area contributed by atoms with Crippen molar-refractivity contribution in [3.63, 3.8) is 0 Å². The maximum atomic E-state index is 14.5. The second-order valence-electron chi connectivity index (χ2n) is 20.3. The molecule has 0 fully saturated rings. The van der Waals surface area contributed by atoms with E-state index in [0.717, 1.165) is 43.6 Å². The summed E-state index contributed by atoms with van der Waals surface area (Å²) >= 11 is 0. The lowest BCUT2D eigenvalue weighted by molar-refractivity contribution is 0.0981. The van der Waals surface area contributed by atoms with Crippen LogP contribution in [0.5, 0.6) is 11.5 Å². The van der Waals surface area contributed by atoms with Crippen molar-refractivity contribution in [2.75, 3.05) is 144 Å². The van der Waals surface area contributed by atoms with Gasteiger partial charge in [0.05, 0.1) is 19.7 Å². The zero-order valence-electron chi connectivity index (χ0n) is 48.2. The Morgan fingerprint density at radius 1 is 0.476 bits per heavy atom. The van der Waals surface area contributed by atoms with E-state index < -0.39 is 0 Å². The monoisotopic (exact) mass is 1140 g/mol. The number of nitrogens with one attached hydrogen (secondary N) is 6. The van der Waals surface area contributed by atoms with Gasteiger partial charge in [-0.15, -0.1) is 0 Å². The van der Waals surface area contributed by atoms with E-state index in [2.05, 4.69) is 76.3 Å². The molecule has 6 heterocycles. The van der Waals surface area contributed by atoms with Crippen LogP contribution >= 0.6 is 0 Å². The SMILES string of the molecule is CCNc1ncc2c(n1)N(C)CCN(c1cccc(CCCNN3CCN(c4cccc(OCCNN5CCN(c6cccc(OCCCNCc7ccccc7)c6)C(=O)c6cnc(NCC)nc65)c4)C(=O)c4cnc(NCC)nc43)c1)C2=O. The fourth-order valence-corrected chi connectivity index (χ4v) is 10.2. The highest BCUT2D eigenvalue weighted by atomic mass is 16.5. The molecule has 23 heteroatoms. The summed E-state index contributed by atoms with van der Waals surface area (Å²) in [5, 5.41) is 16.8. The van der Waals surface area contributed by atoms with E-state index in [1.54, 1.807) is 33.3 Å². The lowest BCUT2D eigenvalue weighted by Crippen LogP contribution is -2.44. The molecule has 3 aliphatic rings. The Morgan fingerprint density at radius 3 is 1.51 bits per heavy atom. The van der Waals surface area contributed by atoms with Crippen molar-refractivity contribution < 1.29 is 23.9 Å². The standard InChI is InChI=1S/C61H74N18O5/c1-5-63-59-66-40-50-53(71-59)74(4)28-29-75(56(50)80)45-20-11-18-43(36-45)19-14-26-69-78-32-30-76(57(81)51-41-67-60(64-6-2)72-54(51)78)47-22-13-24-49(38-47)84-35-27-70-79-33-31-77(58(82)52-42-68-61(65-7-3)73-55(52)79)46-21-12-23-48(37-46)83-34-15-25-62-39-44-16-9-8-10-17-44/h8-13,16-18,20-24,36-38,40-42,62,69-70H,5-7,14-15,19,25-35,39H2,1-4H3,(H,63,66,71)(H,64,67,72)(H,65,68,73). The molecule has 7 aromatic rings. The number of ether oxygens (including phenoxy) is 2. The van der Waals surface area contributed by atoms with Crippen LogP contribution in [-0.2, 0) is 13.0 Å². The minimum atomic E-state index is -0.237. The van der Waals surface area contributed by atoms with E-state index in [0.29, 0.717) is 153 Å². The van der Waals surface area contributed by atoms with Crippen molar-refractivity contribution in [3.8, 4) is 11.5 Å². The number of nitrogens with zero attached hydrogens (tertiary/aromatic N) is 12. The van der Waals surface area contributed by atoms with Crippen molar-refractivity contribution in [1.82, 2.24) is 46.1 Å². The second-order valence-corrected chi connectivity index (χ2v) is 20.3. The number of amides is 3. The molecule has 438 valence electrons. The molecule has 84 heavy (non-hydrogen) atoms. The summed E-state index contributed by atoms with van der Waals surface area (Å²) in [7, 11) is 1.94. The Kier molecular flexibility index (Phi) is 19.5. The van der Waals surface area contributed by atoms with Crippen LogP contribution < -0.4 is 71.2 Å². The Bertz CT molecular complexity index is 3370. The molecule has 3 aliphatic heterocycles. The number of benzene rings is 4. The first-order chi connectivity index (χ1) is 41.2. The molecule has 23 nitrogen and oxygen atoms in total. The van der Waals surface area contributed by atoms with E-state index in [9.17, 15) is 14.4 Å². The first-order valence-electron chi connectivity index (χ1n) is 29.0. The minimum Gasteiger partial charge on any atom is -0.493 e. The molecule has 0 unspecified atom stereocenters. The Labute approximate surface area is 490 Å². The van der Waals surface area contributed by atoms with E-state index >= 15 is 0 Å². The van der Waals surface area contributed by atoms with Gasteiger partial charge >= 0.3 is 0 Å². The van der Waals surface area contributed by atoms with Gasteiger partial charge in [-0.2, -0.15) is 15.0 Å². The molecule has 0 saturated carbocycles. The smallest absolute Gasteiger partial charge is 0.263 e. The molecule has 3 amide bonds. The Morgan fingerprint density at radius 2 is 0.952 bits per heavy atom. The molecule has 0 spiro atoms. The molecule has 10 rings (SSSR count). The predicted molar refractivity (Wildman–Crippen MR) is 329 cm³/mol. The first-order valence-corrected chi connectivity index (χ1v) is 29.0. The van der Waals surface area contributed by atoms with Gasteiger partial charge < -0.3 is 50.3 Å². The zero-order chi connectivity index (χ0) is 58.2. The van der Waals surface area contributed by atoms with Gasteiger partial charge in [-0.1, -0.05) is 54.6 Å². The van der Waals surface area contributed by atoms with Crippen LogP contribution in [-0.4, -0.2) is 146 Å². The van der Waals surface area contributed by atoms with Gasteiger partial charge in [0.25, 0.3) is 17.7 Å². The summed E-state index contributed by atoms with van der Waals surface area (Å²) < 4.78 is 12.5. The highest BCUT2D eigenvalue weighted by Crippen LogP contribution is 2.32. The van der Waals surface area contributed by atoms with Gasteiger partial charge in [-0.05, 0) is 94.1 Å². The van der Waals surface area contributed by atoms with Gasteiger partial charge in [-0.25, -0.2) is 25.8 Å². The third-order valence-electron chi connectivity index (χ3n) is 14.4. The van der Waals surface area contributed by atoms with Crippen LogP contribution in [0.3, 0.4) is 0 Å². The van der Waals surface area contributed by atoms with Crippen LogP contribution in [0.25, 0.3) is 0 Å². The molecule has 0 bridgehead atoms. The maximum Gasteiger partial charge on any atom is 0.263 e. The number of carbonyl (C=O) groups excluding carboxylic acids is 3. The van der Waals surface area contributed by atoms with E-state index in [4.69, 9.17) is 19.4 Å². The average Bonchev–Trinajstić information content (AvgIpc) is 4.08. The van der Waals surface area contributed by atoms with Crippen molar-refractivity contribution in [2.45, 2.75) is 46.6 Å². The normalized spacial score (nSPS) is 14.3. The van der Waals surface area contributed by atoms with Gasteiger partial charge in [0.2, 0.25) is 17.8 Å². The lowest BCUT2D eigenvalue weighted by atomic mass is 10.1. The Balaban J connectivity index is 0.748. The number of aromatic nitrogens is 6. The average molecular weight is 1140 g/mol. The van der Waals surface area contributed by atoms with Crippen molar-refractivity contribution >= 4 is 70.1 Å². The highest BCUT2D eigenvalue weighted by molar-refractivity contribution is 6.11. The number of fused-ring (bicyclic) bond motifs is 3. The summed E-state index contributed by atoms with van der Waals surface area (Å²) in [6, 6.07) is 33.5. The fourth-order valence-electron chi connectivity index (χ4n) is 10.2. The molecule has 3 aromatic heterocycles. The molecular formula is C61H74N18O5. The molecule has 6 N–H and O–H groups in total. The largest absolute Gasteiger partial charge is 0.493 e. The summed E-state index contributed by atoms with van der Waals surface area (Å²) in [5.41, 5.74) is 12.7. The summed E-state index contributed by atoms with van der Waals surface area (Å²) in [4.78, 5) is 77.7. The number of hydrazine groups is 2. The van der Waals surface area contributed by atoms with Crippen molar-refractivity contribution in [3.05, 3.63) is 150 Å². The molecule has 4 aromatic carbocycles. The lowest BCUT2D eigenvalue weighted by Gasteiger charge is -2.25. The van der Waals surface area contributed by atoms with Crippen LogP contribution in [0.15, 0.2) is 122 Å². The van der Waals surface area contributed by atoms with Crippen LogP contribution in [0, 0.1) is 0 Å². The van der Waals surface area contributed by atoms with Crippen LogP contribution in [0.1, 0.15) is 75.8 Å². The molecular weight excluding hydrogens is 1060 g/mol. The van der Waals surface area contributed by atoms with E-state index in [-0.39, 0.29) is 24.3 Å². The van der Waals surface area contributed by atoms with Crippen LogP contribution in [0.2, 0.25) is 0 Å². The quantitative estimate of drug-likeness (QED) is 0.0311. The maximum absolute atomic E-state index is 14.5. The second kappa shape index (κ2) is 28.2. The minimum absolute atomic E-state index is 0.135. The van der Waals surface area contributed by atoms with Gasteiger partial charge in [0.1, 0.15) is 40.6 Å². The number of likely N-dealkylation sites (N-methyl/N-ethyl adjacent to an activating group) is 1. The zero-order valence-corrected chi connectivity index (χ0v) is 48.2. The molecule has 0 atom stereocenters. The predicted octanol–water partition coefficient (Wildman–Crippen LogP) is 6.66.